The Bertz CT molecular complexity index is 387. The average Bonchev–Trinajstić information content (AvgIpc) is 3.00. The minimum Gasteiger partial charge on any atom is -0.395 e. The topological polar surface area (TPSA) is 32.3 Å². The van der Waals surface area contributed by atoms with Crippen molar-refractivity contribution in [2.24, 2.45) is 0 Å². The van der Waals surface area contributed by atoms with Crippen LogP contribution in [0.3, 0.4) is 0 Å². The van der Waals surface area contributed by atoms with Gasteiger partial charge in [0, 0.05) is 12.0 Å². The third kappa shape index (κ3) is 5.12. The van der Waals surface area contributed by atoms with Gasteiger partial charge in [-0.3, -0.25) is 0 Å². The van der Waals surface area contributed by atoms with Crippen molar-refractivity contribution in [1.82, 2.24) is 5.32 Å². The number of hydrogen-bond acceptors (Lipinski definition) is 2. The molecule has 1 saturated heterocycles. The number of unbranched alkanes of at least 4 members (excludes halogenated alkanes) is 5. The average molecular weight is 289 g/mol. The quantitative estimate of drug-likeness (QED) is 0.673. The Labute approximate surface area is 130 Å². The van der Waals surface area contributed by atoms with Gasteiger partial charge in [0.2, 0.25) is 0 Å². The van der Waals surface area contributed by atoms with Crippen LogP contribution in [0, 0.1) is 0 Å². The molecule has 1 aromatic carbocycles. The first-order chi connectivity index (χ1) is 10.3. The summed E-state index contributed by atoms with van der Waals surface area (Å²) in [5.41, 5.74) is 2.84. The molecule has 0 amide bonds. The maximum atomic E-state index is 9.39. The van der Waals surface area contributed by atoms with Crippen LogP contribution in [0.1, 0.15) is 68.9 Å². The Morgan fingerprint density at radius 2 is 1.76 bits per heavy atom. The number of rotatable bonds is 9. The molecule has 0 unspecified atom stereocenters. The van der Waals surface area contributed by atoms with Crippen molar-refractivity contribution in [1.29, 1.82) is 0 Å². The summed E-state index contributed by atoms with van der Waals surface area (Å²) in [5.74, 6) is 0.484. The lowest BCUT2D eigenvalue weighted by Crippen LogP contribution is -2.29. The van der Waals surface area contributed by atoms with Crippen LogP contribution in [0.5, 0.6) is 0 Å². The van der Waals surface area contributed by atoms with Crippen molar-refractivity contribution in [3.05, 3.63) is 35.4 Å². The fourth-order valence-electron chi connectivity index (χ4n) is 3.40. The molecule has 0 saturated carbocycles. The summed E-state index contributed by atoms with van der Waals surface area (Å²) in [7, 11) is 0. The number of hydrogen-bond donors (Lipinski definition) is 2. The van der Waals surface area contributed by atoms with Gasteiger partial charge in [-0.25, -0.2) is 0 Å². The summed E-state index contributed by atoms with van der Waals surface area (Å²) in [4.78, 5) is 0. The molecule has 118 valence electrons. The Kier molecular flexibility index (Phi) is 7.25. The normalized spacial score (nSPS) is 21.8. The molecule has 2 nitrogen and oxygen atoms in total. The zero-order chi connectivity index (χ0) is 14.9. The van der Waals surface area contributed by atoms with E-state index in [-0.39, 0.29) is 12.6 Å². The summed E-state index contributed by atoms with van der Waals surface area (Å²) in [6, 6.07) is 9.36. The Hall–Kier alpha value is -0.860. The highest BCUT2D eigenvalue weighted by molar-refractivity contribution is 5.27. The van der Waals surface area contributed by atoms with Gasteiger partial charge in [-0.1, -0.05) is 63.3 Å². The highest BCUT2D eigenvalue weighted by Crippen LogP contribution is 2.27. The fraction of sp³-hybridized carbons (Fsp3) is 0.684. The van der Waals surface area contributed by atoms with Crippen LogP contribution in [-0.2, 0) is 6.42 Å². The molecule has 0 radical (unpaired) electrons. The number of benzene rings is 1. The summed E-state index contributed by atoms with van der Waals surface area (Å²) >= 11 is 0. The van der Waals surface area contributed by atoms with Crippen molar-refractivity contribution < 1.29 is 5.11 Å². The van der Waals surface area contributed by atoms with Crippen LogP contribution in [0.25, 0.3) is 0 Å². The van der Waals surface area contributed by atoms with Gasteiger partial charge in [-0.05, 0) is 36.9 Å². The van der Waals surface area contributed by atoms with E-state index >= 15 is 0 Å². The number of aliphatic hydroxyl groups is 1. The first-order valence-electron chi connectivity index (χ1n) is 8.78. The molecular formula is C19H31NO. The van der Waals surface area contributed by atoms with Gasteiger partial charge in [0.15, 0.2) is 0 Å². The van der Waals surface area contributed by atoms with Crippen LogP contribution >= 0.6 is 0 Å². The summed E-state index contributed by atoms with van der Waals surface area (Å²) in [6.45, 7) is 3.53. The molecule has 2 N–H and O–H groups in total. The molecule has 0 aliphatic carbocycles. The zero-order valence-electron chi connectivity index (χ0n) is 13.5. The van der Waals surface area contributed by atoms with Crippen LogP contribution in [-0.4, -0.2) is 24.3 Å². The number of nitrogens with one attached hydrogen (secondary N) is 1. The monoisotopic (exact) mass is 289 g/mol. The van der Waals surface area contributed by atoms with E-state index in [2.05, 4.69) is 36.5 Å². The summed E-state index contributed by atoms with van der Waals surface area (Å²) in [6.07, 6.45) is 10.5. The SMILES string of the molecule is CCCCCCCCc1ccc([C@@H]2CCN[C@H]2CO)cc1. The molecule has 21 heavy (non-hydrogen) atoms. The number of aliphatic hydroxyl groups excluding tert-OH is 1. The van der Waals surface area contributed by atoms with Gasteiger partial charge in [-0.2, -0.15) is 0 Å². The van der Waals surface area contributed by atoms with Gasteiger partial charge in [0.1, 0.15) is 0 Å². The predicted molar refractivity (Wildman–Crippen MR) is 89.8 cm³/mol. The standard InChI is InChI=1S/C19H31NO/c1-2-3-4-5-6-7-8-16-9-11-17(12-10-16)18-13-14-20-19(18)15-21/h9-12,18-21H,2-8,13-15H2,1H3/t18-,19-/m0/s1. The van der Waals surface area contributed by atoms with Crippen molar-refractivity contribution in [2.45, 2.75) is 70.3 Å². The van der Waals surface area contributed by atoms with Crippen LogP contribution in [0.4, 0.5) is 0 Å². The smallest absolute Gasteiger partial charge is 0.0590 e. The van der Waals surface area contributed by atoms with Crippen molar-refractivity contribution >= 4 is 0 Å². The lowest BCUT2D eigenvalue weighted by Gasteiger charge is -2.17. The summed E-state index contributed by atoms with van der Waals surface area (Å²) in [5, 5.41) is 12.8. The van der Waals surface area contributed by atoms with Crippen molar-refractivity contribution in [3.8, 4) is 0 Å². The molecule has 1 aliphatic rings. The molecule has 1 aromatic rings. The minimum absolute atomic E-state index is 0.240. The molecular weight excluding hydrogens is 258 g/mol. The fourth-order valence-corrected chi connectivity index (χ4v) is 3.40. The maximum absolute atomic E-state index is 9.39. The molecule has 1 heterocycles. The summed E-state index contributed by atoms with van der Waals surface area (Å²) < 4.78 is 0. The van der Waals surface area contributed by atoms with Gasteiger partial charge in [0.05, 0.1) is 6.61 Å². The van der Waals surface area contributed by atoms with E-state index in [4.69, 9.17) is 0 Å². The molecule has 2 rings (SSSR count). The van der Waals surface area contributed by atoms with Crippen LogP contribution in [0.15, 0.2) is 24.3 Å². The van der Waals surface area contributed by atoms with E-state index < -0.39 is 0 Å². The van der Waals surface area contributed by atoms with Crippen molar-refractivity contribution in [3.63, 3.8) is 0 Å². The maximum Gasteiger partial charge on any atom is 0.0590 e. The van der Waals surface area contributed by atoms with Gasteiger partial charge in [-0.15, -0.1) is 0 Å². The minimum atomic E-state index is 0.240. The largest absolute Gasteiger partial charge is 0.395 e. The predicted octanol–water partition coefficient (Wildman–Crippen LogP) is 4.03. The van der Waals surface area contributed by atoms with Gasteiger partial charge < -0.3 is 10.4 Å². The number of aryl methyl sites for hydroxylation is 1. The first kappa shape index (κ1) is 16.5. The van der Waals surface area contributed by atoms with E-state index in [1.807, 2.05) is 0 Å². The molecule has 2 atom stereocenters. The van der Waals surface area contributed by atoms with E-state index in [0.29, 0.717) is 5.92 Å². The molecule has 0 bridgehead atoms. The Morgan fingerprint density at radius 1 is 1.05 bits per heavy atom. The Balaban J connectivity index is 1.74. The van der Waals surface area contributed by atoms with E-state index in [0.717, 1.165) is 13.0 Å². The highest BCUT2D eigenvalue weighted by Gasteiger charge is 2.27. The van der Waals surface area contributed by atoms with Gasteiger partial charge in [0.25, 0.3) is 0 Å². The first-order valence-corrected chi connectivity index (χ1v) is 8.78. The molecule has 0 aromatic heterocycles. The second kappa shape index (κ2) is 9.22. The second-order valence-corrected chi connectivity index (χ2v) is 6.40. The van der Waals surface area contributed by atoms with E-state index in [1.54, 1.807) is 0 Å². The Morgan fingerprint density at radius 3 is 2.48 bits per heavy atom. The van der Waals surface area contributed by atoms with Crippen molar-refractivity contribution in [2.75, 3.05) is 13.2 Å². The van der Waals surface area contributed by atoms with Crippen LogP contribution in [0.2, 0.25) is 0 Å². The molecule has 2 heteroatoms. The third-order valence-corrected chi connectivity index (χ3v) is 4.77. The highest BCUT2D eigenvalue weighted by atomic mass is 16.3. The molecule has 0 spiro atoms. The zero-order valence-corrected chi connectivity index (χ0v) is 13.5. The third-order valence-electron chi connectivity index (χ3n) is 4.77. The van der Waals surface area contributed by atoms with Gasteiger partial charge >= 0.3 is 0 Å². The van der Waals surface area contributed by atoms with E-state index in [1.165, 1.54) is 56.1 Å². The van der Waals surface area contributed by atoms with E-state index in [9.17, 15) is 5.11 Å². The molecule has 1 fully saturated rings. The lowest BCUT2D eigenvalue weighted by atomic mass is 9.91. The molecule has 1 aliphatic heterocycles. The van der Waals surface area contributed by atoms with Crippen LogP contribution < -0.4 is 5.32 Å². The second-order valence-electron chi connectivity index (χ2n) is 6.40. The lowest BCUT2D eigenvalue weighted by molar-refractivity contribution is 0.245.